The maximum atomic E-state index is 15.5. The standard InChI is InChI=1S/C25H21ClFN5O3S/c26-18-7-9-20(31-36(34,35)17-4-2-1-3-5-17)24(27)23(18)25(33)16-6-8-19-21(14-16)30-22(15-29-19)32-12-10-28-11-13-32/h1-9,14-15,28,31H,10-13H2. The Balaban J connectivity index is 1.49. The van der Waals surface area contributed by atoms with Gasteiger partial charge in [-0.05, 0) is 42.5 Å². The molecule has 0 bridgehead atoms. The Morgan fingerprint density at radius 1 is 1.03 bits per heavy atom. The van der Waals surface area contributed by atoms with E-state index in [1.807, 2.05) is 0 Å². The summed E-state index contributed by atoms with van der Waals surface area (Å²) in [6, 6.07) is 14.7. The molecule has 1 saturated heterocycles. The number of halogens is 2. The molecular formula is C25H21ClFN5O3S. The first-order valence-electron chi connectivity index (χ1n) is 11.2. The SMILES string of the molecule is O=C(c1ccc2ncc(N3CCNCC3)nc2c1)c1c(Cl)ccc(NS(=O)(=O)c2ccccc2)c1F. The maximum Gasteiger partial charge on any atom is 0.261 e. The molecule has 1 fully saturated rings. The van der Waals surface area contributed by atoms with Gasteiger partial charge in [0.05, 0.1) is 38.4 Å². The summed E-state index contributed by atoms with van der Waals surface area (Å²) in [6.45, 7) is 3.23. The Kier molecular flexibility index (Phi) is 6.57. The van der Waals surface area contributed by atoms with Crippen LogP contribution in [0.3, 0.4) is 0 Å². The van der Waals surface area contributed by atoms with Crippen LogP contribution in [0.1, 0.15) is 15.9 Å². The molecule has 11 heteroatoms. The molecule has 0 spiro atoms. The van der Waals surface area contributed by atoms with Crippen molar-refractivity contribution in [2.45, 2.75) is 4.90 Å². The molecule has 5 rings (SSSR count). The van der Waals surface area contributed by atoms with Gasteiger partial charge in [-0.3, -0.25) is 14.5 Å². The van der Waals surface area contributed by atoms with Crippen molar-refractivity contribution in [3.63, 3.8) is 0 Å². The highest BCUT2D eigenvalue weighted by molar-refractivity contribution is 7.92. The summed E-state index contributed by atoms with van der Waals surface area (Å²) in [6.07, 6.45) is 1.69. The van der Waals surface area contributed by atoms with Gasteiger partial charge >= 0.3 is 0 Å². The molecule has 4 aromatic rings. The quantitative estimate of drug-likeness (QED) is 0.368. The molecule has 0 saturated carbocycles. The van der Waals surface area contributed by atoms with E-state index >= 15 is 4.39 Å². The van der Waals surface area contributed by atoms with Gasteiger partial charge in [-0.1, -0.05) is 29.8 Å². The van der Waals surface area contributed by atoms with Crippen molar-refractivity contribution in [2.24, 2.45) is 0 Å². The van der Waals surface area contributed by atoms with Gasteiger partial charge in [0.15, 0.2) is 11.6 Å². The van der Waals surface area contributed by atoms with E-state index in [-0.39, 0.29) is 21.2 Å². The summed E-state index contributed by atoms with van der Waals surface area (Å²) >= 11 is 6.20. The largest absolute Gasteiger partial charge is 0.353 e. The van der Waals surface area contributed by atoms with Gasteiger partial charge < -0.3 is 10.2 Å². The van der Waals surface area contributed by atoms with Gasteiger partial charge in [0, 0.05) is 31.7 Å². The topological polar surface area (TPSA) is 104 Å². The Labute approximate surface area is 212 Å². The van der Waals surface area contributed by atoms with Gasteiger partial charge in [-0.25, -0.2) is 17.8 Å². The second-order valence-corrected chi connectivity index (χ2v) is 10.3. The van der Waals surface area contributed by atoms with Crippen molar-refractivity contribution in [1.29, 1.82) is 0 Å². The second-order valence-electron chi connectivity index (χ2n) is 8.20. The summed E-state index contributed by atoms with van der Waals surface area (Å²) in [7, 11) is -4.07. The highest BCUT2D eigenvalue weighted by atomic mass is 35.5. The van der Waals surface area contributed by atoms with Crippen molar-refractivity contribution in [2.75, 3.05) is 35.8 Å². The molecule has 2 heterocycles. The Morgan fingerprint density at radius 3 is 2.53 bits per heavy atom. The fourth-order valence-electron chi connectivity index (χ4n) is 3.98. The number of nitrogens with one attached hydrogen (secondary N) is 2. The predicted molar refractivity (Wildman–Crippen MR) is 137 cm³/mol. The molecule has 3 aromatic carbocycles. The molecule has 0 unspecified atom stereocenters. The number of aromatic nitrogens is 2. The van der Waals surface area contributed by atoms with Crippen molar-refractivity contribution in [3.05, 3.63) is 88.8 Å². The summed E-state index contributed by atoms with van der Waals surface area (Å²) in [5.74, 6) is -1.07. The Hall–Kier alpha value is -3.60. The van der Waals surface area contributed by atoms with Crippen LogP contribution in [0.4, 0.5) is 15.9 Å². The number of carbonyl (C=O) groups excluding carboxylic acids is 1. The van der Waals surface area contributed by atoms with E-state index in [4.69, 9.17) is 11.6 Å². The van der Waals surface area contributed by atoms with Crippen molar-refractivity contribution in [1.82, 2.24) is 15.3 Å². The summed E-state index contributed by atoms with van der Waals surface area (Å²) < 4.78 is 43.0. The van der Waals surface area contributed by atoms with Crippen LogP contribution in [0.15, 0.2) is 71.8 Å². The number of benzene rings is 3. The maximum absolute atomic E-state index is 15.5. The minimum atomic E-state index is -4.07. The molecule has 1 aliphatic heterocycles. The number of hydrogen-bond donors (Lipinski definition) is 2. The monoisotopic (exact) mass is 525 g/mol. The van der Waals surface area contributed by atoms with Gasteiger partial charge in [-0.2, -0.15) is 0 Å². The first kappa shape index (κ1) is 24.1. The van der Waals surface area contributed by atoms with Gasteiger partial charge in [0.25, 0.3) is 10.0 Å². The highest BCUT2D eigenvalue weighted by Crippen LogP contribution is 2.30. The van der Waals surface area contributed by atoms with Gasteiger partial charge in [0.1, 0.15) is 5.82 Å². The van der Waals surface area contributed by atoms with E-state index in [1.165, 1.54) is 36.4 Å². The van der Waals surface area contributed by atoms with Gasteiger partial charge in [-0.15, -0.1) is 0 Å². The summed E-state index contributed by atoms with van der Waals surface area (Å²) in [5.41, 5.74) is 0.400. The van der Waals surface area contributed by atoms with Crippen LogP contribution in [0.2, 0.25) is 5.02 Å². The lowest BCUT2D eigenvalue weighted by atomic mass is 10.0. The fourth-order valence-corrected chi connectivity index (χ4v) is 5.29. The zero-order chi connectivity index (χ0) is 25.3. The molecule has 1 aromatic heterocycles. The van der Waals surface area contributed by atoms with Crippen LogP contribution in [0.5, 0.6) is 0 Å². The lowest BCUT2D eigenvalue weighted by molar-refractivity contribution is 0.103. The minimum absolute atomic E-state index is 0.0411. The van der Waals surface area contributed by atoms with E-state index in [0.29, 0.717) is 16.9 Å². The molecule has 0 aliphatic carbocycles. The number of piperazine rings is 1. The van der Waals surface area contributed by atoms with E-state index in [9.17, 15) is 13.2 Å². The number of rotatable bonds is 6. The molecular weight excluding hydrogens is 505 g/mol. The van der Waals surface area contributed by atoms with Crippen LogP contribution in [-0.4, -0.2) is 50.3 Å². The number of carbonyl (C=O) groups is 1. The number of fused-ring (bicyclic) bond motifs is 1. The Morgan fingerprint density at radius 2 is 1.78 bits per heavy atom. The van der Waals surface area contributed by atoms with Crippen molar-refractivity contribution in [3.8, 4) is 0 Å². The number of hydrogen-bond acceptors (Lipinski definition) is 7. The average Bonchev–Trinajstić information content (AvgIpc) is 2.90. The zero-order valence-corrected chi connectivity index (χ0v) is 20.5. The molecule has 2 N–H and O–H groups in total. The molecule has 0 atom stereocenters. The third kappa shape index (κ3) is 4.75. The van der Waals surface area contributed by atoms with E-state index in [2.05, 4.69) is 24.9 Å². The predicted octanol–water partition coefficient (Wildman–Crippen LogP) is 3.86. The Bertz CT molecular complexity index is 1560. The van der Waals surface area contributed by atoms with Crippen LogP contribution in [0.25, 0.3) is 11.0 Å². The first-order chi connectivity index (χ1) is 17.3. The minimum Gasteiger partial charge on any atom is -0.353 e. The molecule has 184 valence electrons. The summed E-state index contributed by atoms with van der Waals surface area (Å²) in [4.78, 5) is 24.5. The van der Waals surface area contributed by atoms with Crippen LogP contribution < -0.4 is 14.9 Å². The number of anilines is 2. The second kappa shape index (κ2) is 9.81. The molecule has 0 radical (unpaired) electrons. The van der Waals surface area contributed by atoms with Crippen LogP contribution >= 0.6 is 11.6 Å². The molecule has 1 aliphatic rings. The lowest BCUT2D eigenvalue weighted by Crippen LogP contribution is -2.43. The average molecular weight is 526 g/mol. The van der Waals surface area contributed by atoms with Crippen LogP contribution in [0, 0.1) is 5.82 Å². The normalized spacial score (nSPS) is 14.1. The smallest absolute Gasteiger partial charge is 0.261 e. The molecule has 8 nitrogen and oxygen atoms in total. The number of ketones is 1. The first-order valence-corrected chi connectivity index (χ1v) is 13.0. The zero-order valence-electron chi connectivity index (χ0n) is 18.9. The van der Waals surface area contributed by atoms with E-state index < -0.39 is 27.2 Å². The number of nitrogens with zero attached hydrogens (tertiary/aromatic N) is 3. The van der Waals surface area contributed by atoms with Gasteiger partial charge in [0.2, 0.25) is 0 Å². The lowest BCUT2D eigenvalue weighted by Gasteiger charge is -2.28. The number of sulfonamides is 1. The molecule has 36 heavy (non-hydrogen) atoms. The van der Waals surface area contributed by atoms with Crippen molar-refractivity contribution < 1.29 is 17.6 Å². The third-order valence-electron chi connectivity index (χ3n) is 5.85. The van der Waals surface area contributed by atoms with E-state index in [1.54, 1.807) is 30.5 Å². The fraction of sp³-hybridized carbons (Fsp3) is 0.160. The summed E-state index contributed by atoms with van der Waals surface area (Å²) in [5, 5.41) is 3.14. The molecule has 0 amide bonds. The highest BCUT2D eigenvalue weighted by Gasteiger charge is 2.24. The van der Waals surface area contributed by atoms with E-state index in [0.717, 1.165) is 26.2 Å². The third-order valence-corrected chi connectivity index (χ3v) is 7.55. The van der Waals surface area contributed by atoms with Crippen molar-refractivity contribution >= 4 is 49.9 Å². The van der Waals surface area contributed by atoms with Crippen LogP contribution in [-0.2, 0) is 10.0 Å².